The summed E-state index contributed by atoms with van der Waals surface area (Å²) in [6.45, 7) is 1.40. The Morgan fingerprint density at radius 1 is 1.11 bits per heavy atom. The van der Waals surface area contributed by atoms with Gasteiger partial charge in [0, 0.05) is 7.05 Å². The normalized spacial score (nSPS) is 17.5. The lowest BCUT2D eigenvalue weighted by Crippen LogP contribution is -2.41. The monoisotopic (exact) mass is 255 g/mol. The Kier molecular flexibility index (Phi) is 3.27. The van der Waals surface area contributed by atoms with Crippen LogP contribution in [0.2, 0.25) is 0 Å². The van der Waals surface area contributed by atoms with Gasteiger partial charge in [0.05, 0.1) is 12.2 Å². The van der Waals surface area contributed by atoms with Crippen molar-refractivity contribution in [3.63, 3.8) is 0 Å². The molecule has 1 heterocycles. The lowest BCUT2D eigenvalue weighted by Gasteiger charge is -2.33. The van der Waals surface area contributed by atoms with E-state index < -0.39 is 0 Å². The molecular weight excluding hydrogens is 238 g/mol. The van der Waals surface area contributed by atoms with E-state index in [2.05, 4.69) is 18.0 Å². The molecule has 0 saturated carbocycles. The highest BCUT2D eigenvalue weighted by molar-refractivity contribution is 5.59. The fraction of sp³-hybridized carbons (Fsp3) is 0.250. The standard InChI is InChI=1S/C16H17NO2/c1-17-11-14(12-18-13-7-3-2-4-8-13)19-16-10-6-5-9-15(16)17/h2-10,14H,11-12H2,1H3/t14-/m0/s1. The van der Waals surface area contributed by atoms with Crippen molar-refractivity contribution in [3.8, 4) is 11.5 Å². The summed E-state index contributed by atoms with van der Waals surface area (Å²) in [6, 6.07) is 17.9. The molecule has 0 amide bonds. The number of nitrogens with zero attached hydrogens (tertiary/aromatic N) is 1. The topological polar surface area (TPSA) is 21.7 Å². The molecule has 19 heavy (non-hydrogen) atoms. The van der Waals surface area contributed by atoms with Gasteiger partial charge in [-0.15, -0.1) is 0 Å². The zero-order chi connectivity index (χ0) is 13.1. The van der Waals surface area contributed by atoms with Crippen LogP contribution in [0.4, 0.5) is 5.69 Å². The lowest BCUT2D eigenvalue weighted by molar-refractivity contribution is 0.126. The Hall–Kier alpha value is -2.16. The summed E-state index contributed by atoms with van der Waals surface area (Å²) in [5.41, 5.74) is 1.14. The summed E-state index contributed by atoms with van der Waals surface area (Å²) in [5, 5.41) is 0. The number of anilines is 1. The Morgan fingerprint density at radius 3 is 2.68 bits per heavy atom. The fourth-order valence-corrected chi connectivity index (χ4v) is 2.29. The van der Waals surface area contributed by atoms with Crippen LogP contribution in [-0.2, 0) is 0 Å². The Labute approximate surface area is 113 Å². The minimum Gasteiger partial charge on any atom is -0.490 e. The third-order valence-electron chi connectivity index (χ3n) is 3.23. The van der Waals surface area contributed by atoms with E-state index in [1.165, 1.54) is 0 Å². The first-order valence-corrected chi connectivity index (χ1v) is 6.47. The van der Waals surface area contributed by atoms with E-state index in [0.717, 1.165) is 23.7 Å². The van der Waals surface area contributed by atoms with Crippen LogP contribution in [0, 0.1) is 0 Å². The zero-order valence-corrected chi connectivity index (χ0v) is 11.0. The summed E-state index contributed by atoms with van der Waals surface area (Å²) in [6.07, 6.45) is 0.0557. The molecule has 1 aliphatic heterocycles. The number of benzene rings is 2. The van der Waals surface area contributed by atoms with Gasteiger partial charge >= 0.3 is 0 Å². The molecule has 3 heteroatoms. The molecule has 0 aromatic heterocycles. The van der Waals surface area contributed by atoms with Crippen LogP contribution in [-0.4, -0.2) is 26.3 Å². The molecular formula is C16H17NO2. The van der Waals surface area contributed by atoms with Crippen molar-refractivity contribution in [2.45, 2.75) is 6.10 Å². The Morgan fingerprint density at radius 2 is 1.84 bits per heavy atom. The van der Waals surface area contributed by atoms with E-state index >= 15 is 0 Å². The second-order valence-electron chi connectivity index (χ2n) is 4.71. The van der Waals surface area contributed by atoms with Gasteiger partial charge in [0.1, 0.15) is 24.2 Å². The second kappa shape index (κ2) is 5.22. The van der Waals surface area contributed by atoms with Gasteiger partial charge in [-0.2, -0.15) is 0 Å². The first-order chi connectivity index (χ1) is 9.33. The average molecular weight is 255 g/mol. The molecule has 1 aliphatic rings. The summed E-state index contributed by atoms with van der Waals surface area (Å²) in [5.74, 6) is 1.81. The van der Waals surface area contributed by atoms with Gasteiger partial charge in [-0.25, -0.2) is 0 Å². The third-order valence-corrected chi connectivity index (χ3v) is 3.23. The molecule has 2 aromatic rings. The lowest BCUT2D eigenvalue weighted by atomic mass is 10.2. The number of likely N-dealkylation sites (N-methyl/N-ethyl adjacent to an activating group) is 1. The predicted octanol–water partition coefficient (Wildman–Crippen LogP) is 2.96. The van der Waals surface area contributed by atoms with Crippen molar-refractivity contribution < 1.29 is 9.47 Å². The summed E-state index contributed by atoms with van der Waals surface area (Å²) >= 11 is 0. The van der Waals surface area contributed by atoms with E-state index in [1.807, 2.05) is 48.5 Å². The first kappa shape index (κ1) is 11.9. The van der Waals surface area contributed by atoms with Crippen molar-refractivity contribution in [1.82, 2.24) is 0 Å². The van der Waals surface area contributed by atoms with E-state index in [-0.39, 0.29) is 6.10 Å². The number of ether oxygens (including phenoxy) is 2. The molecule has 0 spiro atoms. The molecule has 0 unspecified atom stereocenters. The van der Waals surface area contributed by atoms with Crippen molar-refractivity contribution >= 4 is 5.69 Å². The van der Waals surface area contributed by atoms with Gasteiger partial charge in [0.15, 0.2) is 0 Å². The number of hydrogen-bond donors (Lipinski definition) is 0. The number of rotatable bonds is 3. The smallest absolute Gasteiger partial charge is 0.150 e. The van der Waals surface area contributed by atoms with Crippen LogP contribution >= 0.6 is 0 Å². The fourth-order valence-electron chi connectivity index (χ4n) is 2.29. The highest BCUT2D eigenvalue weighted by Crippen LogP contribution is 2.31. The highest BCUT2D eigenvalue weighted by Gasteiger charge is 2.23. The largest absolute Gasteiger partial charge is 0.490 e. The Balaban J connectivity index is 1.65. The summed E-state index contributed by atoms with van der Waals surface area (Å²) in [4.78, 5) is 2.21. The Bertz CT molecular complexity index is 541. The van der Waals surface area contributed by atoms with Gasteiger partial charge in [0.25, 0.3) is 0 Å². The van der Waals surface area contributed by atoms with Gasteiger partial charge < -0.3 is 14.4 Å². The molecule has 1 atom stereocenters. The van der Waals surface area contributed by atoms with Crippen molar-refractivity contribution in [3.05, 3.63) is 54.6 Å². The van der Waals surface area contributed by atoms with Crippen LogP contribution in [0.5, 0.6) is 11.5 Å². The van der Waals surface area contributed by atoms with Crippen LogP contribution in [0.1, 0.15) is 0 Å². The predicted molar refractivity (Wildman–Crippen MR) is 76.1 cm³/mol. The van der Waals surface area contributed by atoms with Crippen molar-refractivity contribution in [1.29, 1.82) is 0 Å². The maximum Gasteiger partial charge on any atom is 0.150 e. The number of fused-ring (bicyclic) bond motifs is 1. The molecule has 2 aromatic carbocycles. The van der Waals surface area contributed by atoms with Crippen LogP contribution < -0.4 is 14.4 Å². The minimum atomic E-state index is 0.0557. The van der Waals surface area contributed by atoms with Crippen LogP contribution in [0.3, 0.4) is 0 Å². The van der Waals surface area contributed by atoms with Crippen molar-refractivity contribution in [2.24, 2.45) is 0 Å². The van der Waals surface area contributed by atoms with E-state index in [1.54, 1.807) is 0 Å². The quantitative estimate of drug-likeness (QED) is 0.841. The second-order valence-corrected chi connectivity index (χ2v) is 4.71. The molecule has 98 valence electrons. The van der Waals surface area contributed by atoms with Gasteiger partial charge in [0.2, 0.25) is 0 Å². The summed E-state index contributed by atoms with van der Waals surface area (Å²) in [7, 11) is 2.08. The molecule has 0 bridgehead atoms. The maximum absolute atomic E-state index is 5.96. The molecule has 0 fully saturated rings. The maximum atomic E-state index is 5.96. The molecule has 3 nitrogen and oxygen atoms in total. The number of hydrogen-bond acceptors (Lipinski definition) is 3. The molecule has 0 N–H and O–H groups in total. The van der Waals surface area contributed by atoms with Gasteiger partial charge in [-0.3, -0.25) is 0 Å². The number of para-hydroxylation sites is 3. The van der Waals surface area contributed by atoms with E-state index in [4.69, 9.17) is 9.47 Å². The molecule has 0 saturated heterocycles. The highest BCUT2D eigenvalue weighted by atomic mass is 16.5. The van der Waals surface area contributed by atoms with Crippen LogP contribution in [0.25, 0.3) is 0 Å². The SMILES string of the molecule is CN1C[C@@H](COc2ccccc2)Oc2ccccc21. The molecule has 0 aliphatic carbocycles. The van der Waals surface area contributed by atoms with E-state index in [9.17, 15) is 0 Å². The zero-order valence-electron chi connectivity index (χ0n) is 11.0. The van der Waals surface area contributed by atoms with Crippen molar-refractivity contribution in [2.75, 3.05) is 25.1 Å². The minimum absolute atomic E-state index is 0.0557. The first-order valence-electron chi connectivity index (χ1n) is 6.47. The molecule has 3 rings (SSSR count). The van der Waals surface area contributed by atoms with Crippen LogP contribution in [0.15, 0.2) is 54.6 Å². The average Bonchev–Trinajstić information content (AvgIpc) is 2.46. The van der Waals surface area contributed by atoms with Gasteiger partial charge in [-0.05, 0) is 24.3 Å². The van der Waals surface area contributed by atoms with E-state index in [0.29, 0.717) is 6.61 Å². The third kappa shape index (κ3) is 2.65. The summed E-state index contributed by atoms with van der Waals surface area (Å²) < 4.78 is 11.7. The molecule has 0 radical (unpaired) electrons. The van der Waals surface area contributed by atoms with Gasteiger partial charge in [-0.1, -0.05) is 30.3 Å².